The number of fused-ring (bicyclic) bond motifs is 1. The molecule has 0 spiro atoms. The van der Waals surface area contributed by atoms with Gasteiger partial charge in [0, 0.05) is 0 Å². The van der Waals surface area contributed by atoms with E-state index < -0.39 is 0 Å². The van der Waals surface area contributed by atoms with Gasteiger partial charge >= 0.3 is 0 Å². The predicted octanol–water partition coefficient (Wildman–Crippen LogP) is 3.69. The summed E-state index contributed by atoms with van der Waals surface area (Å²) in [6.45, 7) is 2.25. The molecule has 1 aliphatic carbocycles. The minimum Gasteiger partial charge on any atom is -0.508 e. The summed E-state index contributed by atoms with van der Waals surface area (Å²) in [6.07, 6.45) is 7.48. The summed E-state index contributed by atoms with van der Waals surface area (Å²) in [7, 11) is 0. The summed E-state index contributed by atoms with van der Waals surface area (Å²) in [5.41, 5.74) is 2.58. The molecular formula is C14H20O. The first-order valence-corrected chi connectivity index (χ1v) is 6.11. The molecule has 0 radical (unpaired) electrons. The Bertz CT molecular complexity index is 330. The molecule has 0 heterocycles. The third kappa shape index (κ3) is 2.34. The Balaban J connectivity index is 2.07. The van der Waals surface area contributed by atoms with Gasteiger partial charge in [-0.15, -0.1) is 0 Å². The highest BCUT2D eigenvalue weighted by molar-refractivity contribution is 5.40. The van der Waals surface area contributed by atoms with Crippen LogP contribution in [-0.4, -0.2) is 5.11 Å². The number of rotatable bonds is 3. The van der Waals surface area contributed by atoms with Gasteiger partial charge in [-0.3, -0.25) is 0 Å². The van der Waals surface area contributed by atoms with Crippen molar-refractivity contribution >= 4 is 0 Å². The quantitative estimate of drug-likeness (QED) is 0.796. The van der Waals surface area contributed by atoms with Crippen LogP contribution in [0.15, 0.2) is 18.2 Å². The maximum absolute atomic E-state index is 9.72. The Labute approximate surface area is 92.1 Å². The largest absolute Gasteiger partial charge is 0.508 e. The van der Waals surface area contributed by atoms with E-state index in [2.05, 4.69) is 13.0 Å². The average molecular weight is 204 g/mol. The fourth-order valence-electron chi connectivity index (χ4n) is 2.60. The van der Waals surface area contributed by atoms with Gasteiger partial charge in [0.05, 0.1) is 0 Å². The van der Waals surface area contributed by atoms with E-state index >= 15 is 0 Å². The Morgan fingerprint density at radius 1 is 1.40 bits per heavy atom. The second-order valence-corrected chi connectivity index (χ2v) is 4.67. The lowest BCUT2D eigenvalue weighted by molar-refractivity contribution is 0.399. The first kappa shape index (κ1) is 10.5. The SMILES string of the molecule is CCCC[C@H]1CCc2c(O)cccc2C1. The van der Waals surface area contributed by atoms with Crippen molar-refractivity contribution in [2.45, 2.75) is 45.4 Å². The van der Waals surface area contributed by atoms with Crippen LogP contribution in [0.1, 0.15) is 43.7 Å². The topological polar surface area (TPSA) is 20.2 Å². The van der Waals surface area contributed by atoms with Crippen LogP contribution < -0.4 is 0 Å². The van der Waals surface area contributed by atoms with Crippen molar-refractivity contribution in [3.63, 3.8) is 0 Å². The summed E-state index contributed by atoms with van der Waals surface area (Å²) in [4.78, 5) is 0. The van der Waals surface area contributed by atoms with Crippen LogP contribution in [0.4, 0.5) is 0 Å². The molecule has 0 aliphatic heterocycles. The predicted molar refractivity (Wildman–Crippen MR) is 63.1 cm³/mol. The molecule has 0 aromatic heterocycles. The van der Waals surface area contributed by atoms with Gasteiger partial charge in [0.25, 0.3) is 0 Å². The van der Waals surface area contributed by atoms with Gasteiger partial charge < -0.3 is 5.11 Å². The fourth-order valence-corrected chi connectivity index (χ4v) is 2.60. The van der Waals surface area contributed by atoms with E-state index in [0.29, 0.717) is 5.75 Å². The summed E-state index contributed by atoms with van der Waals surface area (Å²) in [5.74, 6) is 1.35. The van der Waals surface area contributed by atoms with Gasteiger partial charge in [-0.05, 0) is 42.4 Å². The summed E-state index contributed by atoms with van der Waals surface area (Å²) >= 11 is 0. The molecule has 0 saturated heterocycles. The van der Waals surface area contributed by atoms with Gasteiger partial charge in [-0.1, -0.05) is 38.3 Å². The smallest absolute Gasteiger partial charge is 0.119 e. The molecule has 0 saturated carbocycles. The van der Waals surface area contributed by atoms with Crippen molar-refractivity contribution in [3.05, 3.63) is 29.3 Å². The van der Waals surface area contributed by atoms with E-state index in [-0.39, 0.29) is 0 Å². The lowest BCUT2D eigenvalue weighted by Crippen LogP contribution is -2.14. The first-order chi connectivity index (χ1) is 7.31. The van der Waals surface area contributed by atoms with Gasteiger partial charge in [0.15, 0.2) is 0 Å². The second-order valence-electron chi connectivity index (χ2n) is 4.67. The van der Waals surface area contributed by atoms with E-state index in [0.717, 1.165) is 12.3 Å². The van der Waals surface area contributed by atoms with Crippen molar-refractivity contribution in [2.75, 3.05) is 0 Å². The number of aromatic hydroxyl groups is 1. The molecule has 1 N–H and O–H groups in total. The summed E-state index contributed by atoms with van der Waals surface area (Å²) < 4.78 is 0. The molecule has 1 aliphatic rings. The molecule has 1 heteroatoms. The zero-order valence-electron chi connectivity index (χ0n) is 9.50. The third-order valence-electron chi connectivity index (χ3n) is 3.53. The maximum atomic E-state index is 9.72. The average Bonchev–Trinajstić information content (AvgIpc) is 2.26. The van der Waals surface area contributed by atoms with Crippen molar-refractivity contribution in [1.29, 1.82) is 0 Å². The van der Waals surface area contributed by atoms with Crippen molar-refractivity contribution in [1.82, 2.24) is 0 Å². The maximum Gasteiger partial charge on any atom is 0.119 e. The van der Waals surface area contributed by atoms with Crippen molar-refractivity contribution < 1.29 is 5.11 Å². The van der Waals surface area contributed by atoms with Crippen LogP contribution in [-0.2, 0) is 12.8 Å². The number of phenols is 1. The Hall–Kier alpha value is -0.980. The van der Waals surface area contributed by atoms with Gasteiger partial charge in [0.1, 0.15) is 5.75 Å². The molecule has 0 unspecified atom stereocenters. The van der Waals surface area contributed by atoms with E-state index in [9.17, 15) is 5.11 Å². The molecule has 1 aromatic rings. The monoisotopic (exact) mass is 204 g/mol. The van der Waals surface area contributed by atoms with E-state index in [1.54, 1.807) is 0 Å². The van der Waals surface area contributed by atoms with Crippen LogP contribution in [0.5, 0.6) is 5.75 Å². The summed E-state index contributed by atoms with van der Waals surface area (Å²) in [6, 6.07) is 5.95. The lowest BCUT2D eigenvalue weighted by atomic mass is 9.81. The van der Waals surface area contributed by atoms with Crippen molar-refractivity contribution in [2.24, 2.45) is 5.92 Å². The van der Waals surface area contributed by atoms with Crippen LogP contribution in [0, 0.1) is 5.92 Å². The van der Waals surface area contributed by atoms with Crippen LogP contribution >= 0.6 is 0 Å². The highest BCUT2D eigenvalue weighted by Gasteiger charge is 2.19. The van der Waals surface area contributed by atoms with E-state index in [4.69, 9.17) is 0 Å². The van der Waals surface area contributed by atoms with Crippen LogP contribution in [0.25, 0.3) is 0 Å². The number of benzene rings is 1. The summed E-state index contributed by atoms with van der Waals surface area (Å²) in [5, 5.41) is 9.72. The van der Waals surface area contributed by atoms with Gasteiger partial charge in [-0.25, -0.2) is 0 Å². The Morgan fingerprint density at radius 2 is 2.27 bits per heavy atom. The second kappa shape index (κ2) is 4.69. The first-order valence-electron chi connectivity index (χ1n) is 6.11. The van der Waals surface area contributed by atoms with Crippen LogP contribution in [0.3, 0.4) is 0 Å². The van der Waals surface area contributed by atoms with Crippen LogP contribution in [0.2, 0.25) is 0 Å². The Kier molecular flexibility index (Phi) is 3.30. The molecule has 1 nitrogen and oxygen atoms in total. The number of hydrogen-bond acceptors (Lipinski definition) is 1. The number of unbranched alkanes of at least 4 members (excludes halogenated alkanes) is 1. The fraction of sp³-hybridized carbons (Fsp3) is 0.571. The highest BCUT2D eigenvalue weighted by atomic mass is 16.3. The zero-order chi connectivity index (χ0) is 10.7. The normalized spacial score (nSPS) is 19.9. The molecule has 2 rings (SSSR count). The molecule has 82 valence electrons. The molecule has 15 heavy (non-hydrogen) atoms. The van der Waals surface area contributed by atoms with E-state index in [1.807, 2.05) is 12.1 Å². The minimum atomic E-state index is 0.501. The highest BCUT2D eigenvalue weighted by Crippen LogP contribution is 2.33. The standard InChI is InChI=1S/C14H20O/c1-2-3-5-11-8-9-13-12(10-11)6-4-7-14(13)15/h4,6-7,11,15H,2-3,5,8-10H2,1H3/t11-/m0/s1. The molecule has 1 atom stereocenters. The van der Waals surface area contributed by atoms with Gasteiger partial charge in [-0.2, -0.15) is 0 Å². The lowest BCUT2D eigenvalue weighted by Gasteiger charge is -2.24. The molecule has 0 amide bonds. The molecular weight excluding hydrogens is 184 g/mol. The molecule has 1 aromatic carbocycles. The van der Waals surface area contributed by atoms with Crippen molar-refractivity contribution in [3.8, 4) is 5.75 Å². The Morgan fingerprint density at radius 3 is 3.07 bits per heavy atom. The zero-order valence-corrected chi connectivity index (χ0v) is 9.50. The minimum absolute atomic E-state index is 0.501. The van der Waals surface area contributed by atoms with E-state index in [1.165, 1.54) is 43.2 Å². The molecule has 0 fully saturated rings. The number of hydrogen-bond donors (Lipinski definition) is 1. The molecule has 0 bridgehead atoms. The van der Waals surface area contributed by atoms with Gasteiger partial charge in [0.2, 0.25) is 0 Å². The third-order valence-corrected chi connectivity index (χ3v) is 3.53. The number of phenolic OH excluding ortho intramolecular Hbond substituents is 1.